The summed E-state index contributed by atoms with van der Waals surface area (Å²) < 4.78 is 5.09. The van der Waals surface area contributed by atoms with Crippen molar-refractivity contribution in [2.24, 2.45) is 11.8 Å². The Morgan fingerprint density at radius 2 is 1.93 bits per heavy atom. The number of hydrogen-bond donors (Lipinski definition) is 0. The molecule has 0 heterocycles. The van der Waals surface area contributed by atoms with Crippen LogP contribution in [0.1, 0.15) is 31.1 Å². The third-order valence-corrected chi connectivity index (χ3v) is 2.77. The highest BCUT2D eigenvalue weighted by Crippen LogP contribution is 2.19. The first kappa shape index (κ1) is 11.8. The van der Waals surface area contributed by atoms with Crippen LogP contribution in [0.5, 0.6) is 5.75 Å². The van der Waals surface area contributed by atoms with Gasteiger partial charge in [-0.25, -0.2) is 0 Å². The molecule has 0 saturated heterocycles. The molecule has 82 valence electrons. The largest absolute Gasteiger partial charge is 0.497 e. The second kappa shape index (κ2) is 4.96. The average Bonchev–Trinajstić information content (AvgIpc) is 2.27. The van der Waals surface area contributed by atoms with Gasteiger partial charge in [-0.1, -0.05) is 32.9 Å². The van der Waals surface area contributed by atoms with E-state index in [9.17, 15) is 4.79 Å². The zero-order valence-corrected chi connectivity index (χ0v) is 9.78. The highest BCUT2D eigenvalue weighted by molar-refractivity contribution is 5.98. The van der Waals surface area contributed by atoms with Crippen LogP contribution >= 0.6 is 0 Å². The summed E-state index contributed by atoms with van der Waals surface area (Å²) in [4.78, 5) is 12.0. The zero-order chi connectivity index (χ0) is 11.4. The summed E-state index contributed by atoms with van der Waals surface area (Å²) in [5, 5.41) is 0. The highest BCUT2D eigenvalue weighted by Gasteiger charge is 2.18. The van der Waals surface area contributed by atoms with Gasteiger partial charge in [-0.05, 0) is 18.1 Å². The fourth-order valence-electron chi connectivity index (χ4n) is 1.34. The lowest BCUT2D eigenvalue weighted by atomic mass is 9.90. The van der Waals surface area contributed by atoms with Crippen molar-refractivity contribution >= 4 is 5.78 Å². The van der Waals surface area contributed by atoms with Gasteiger partial charge in [0.2, 0.25) is 0 Å². The predicted octanol–water partition coefficient (Wildman–Crippen LogP) is 3.17. The maximum absolute atomic E-state index is 12.0. The molecule has 0 radical (unpaired) electrons. The first-order valence-corrected chi connectivity index (χ1v) is 5.24. The molecule has 0 fully saturated rings. The van der Waals surface area contributed by atoms with Gasteiger partial charge in [0.1, 0.15) is 5.75 Å². The van der Waals surface area contributed by atoms with Crippen LogP contribution in [0.4, 0.5) is 0 Å². The number of ether oxygens (including phenoxy) is 1. The summed E-state index contributed by atoms with van der Waals surface area (Å²) in [5.74, 6) is 1.33. The highest BCUT2D eigenvalue weighted by atomic mass is 16.5. The van der Waals surface area contributed by atoms with Crippen molar-refractivity contribution in [2.75, 3.05) is 7.11 Å². The van der Waals surface area contributed by atoms with Gasteiger partial charge < -0.3 is 4.74 Å². The van der Waals surface area contributed by atoms with E-state index in [1.165, 1.54) is 0 Å². The molecule has 2 heteroatoms. The quantitative estimate of drug-likeness (QED) is 0.707. The van der Waals surface area contributed by atoms with Gasteiger partial charge in [0, 0.05) is 11.5 Å². The van der Waals surface area contributed by atoms with E-state index in [1.807, 2.05) is 25.1 Å². The number of rotatable bonds is 4. The van der Waals surface area contributed by atoms with E-state index >= 15 is 0 Å². The number of benzene rings is 1. The Hall–Kier alpha value is -1.31. The van der Waals surface area contributed by atoms with Gasteiger partial charge in [0.25, 0.3) is 0 Å². The first-order valence-electron chi connectivity index (χ1n) is 5.24. The molecule has 0 amide bonds. The normalized spacial score (nSPS) is 12.6. The van der Waals surface area contributed by atoms with E-state index in [0.717, 1.165) is 11.3 Å². The van der Waals surface area contributed by atoms with Gasteiger partial charge in [-0.3, -0.25) is 4.79 Å². The van der Waals surface area contributed by atoms with E-state index in [0.29, 0.717) is 5.92 Å². The summed E-state index contributed by atoms with van der Waals surface area (Å²) in [6.45, 7) is 6.08. The molecule has 1 aromatic carbocycles. The van der Waals surface area contributed by atoms with Crippen molar-refractivity contribution in [3.8, 4) is 5.75 Å². The molecule has 0 bridgehead atoms. The molecule has 1 unspecified atom stereocenters. The smallest absolute Gasteiger partial charge is 0.166 e. The topological polar surface area (TPSA) is 26.3 Å². The third kappa shape index (κ3) is 2.82. The molecular weight excluding hydrogens is 188 g/mol. The molecule has 0 aromatic heterocycles. The van der Waals surface area contributed by atoms with E-state index in [-0.39, 0.29) is 11.7 Å². The number of hydrogen-bond acceptors (Lipinski definition) is 2. The number of methoxy groups -OCH3 is 1. The van der Waals surface area contributed by atoms with E-state index in [2.05, 4.69) is 13.8 Å². The molecule has 15 heavy (non-hydrogen) atoms. The Kier molecular flexibility index (Phi) is 3.89. The summed E-state index contributed by atoms with van der Waals surface area (Å²) in [7, 11) is 1.61. The summed E-state index contributed by atoms with van der Waals surface area (Å²) in [6, 6.07) is 7.32. The molecule has 1 aromatic rings. The standard InChI is InChI=1S/C13H18O2/c1-9(2)10(3)13(14)11-6-5-7-12(8-11)15-4/h5-10H,1-4H3. The zero-order valence-electron chi connectivity index (χ0n) is 9.78. The monoisotopic (exact) mass is 206 g/mol. The second-order valence-electron chi connectivity index (χ2n) is 4.13. The lowest BCUT2D eigenvalue weighted by molar-refractivity contribution is 0.0899. The predicted molar refractivity (Wildman–Crippen MR) is 61.3 cm³/mol. The van der Waals surface area contributed by atoms with Gasteiger partial charge in [0.05, 0.1) is 7.11 Å². The minimum Gasteiger partial charge on any atom is -0.497 e. The van der Waals surface area contributed by atoms with Crippen molar-refractivity contribution in [3.05, 3.63) is 29.8 Å². The lowest BCUT2D eigenvalue weighted by Crippen LogP contribution is -2.16. The second-order valence-corrected chi connectivity index (χ2v) is 4.13. The van der Waals surface area contributed by atoms with Crippen LogP contribution in [0.3, 0.4) is 0 Å². The summed E-state index contributed by atoms with van der Waals surface area (Å²) in [6.07, 6.45) is 0. The van der Waals surface area contributed by atoms with Crippen molar-refractivity contribution in [1.29, 1.82) is 0 Å². The summed E-state index contributed by atoms with van der Waals surface area (Å²) >= 11 is 0. The van der Waals surface area contributed by atoms with Crippen molar-refractivity contribution in [3.63, 3.8) is 0 Å². The van der Waals surface area contributed by atoms with Crippen LogP contribution in [-0.2, 0) is 0 Å². The van der Waals surface area contributed by atoms with E-state index in [1.54, 1.807) is 13.2 Å². The number of carbonyl (C=O) groups excluding carboxylic acids is 1. The van der Waals surface area contributed by atoms with Crippen LogP contribution in [0.2, 0.25) is 0 Å². The molecular formula is C13H18O2. The molecule has 0 N–H and O–H groups in total. The first-order chi connectivity index (χ1) is 7.06. The summed E-state index contributed by atoms with van der Waals surface area (Å²) in [5.41, 5.74) is 0.732. The Bertz CT molecular complexity index is 342. The van der Waals surface area contributed by atoms with Crippen LogP contribution in [0, 0.1) is 11.8 Å². The minimum absolute atomic E-state index is 0.0529. The number of Topliss-reactive ketones (excluding diaryl/α,β-unsaturated/α-hetero) is 1. The fraction of sp³-hybridized carbons (Fsp3) is 0.462. The molecule has 2 nitrogen and oxygen atoms in total. The number of carbonyl (C=O) groups is 1. The van der Waals surface area contributed by atoms with Crippen LogP contribution < -0.4 is 4.74 Å². The van der Waals surface area contributed by atoms with E-state index in [4.69, 9.17) is 4.74 Å². The van der Waals surface area contributed by atoms with Crippen molar-refractivity contribution in [2.45, 2.75) is 20.8 Å². The third-order valence-electron chi connectivity index (χ3n) is 2.77. The maximum atomic E-state index is 12.0. The molecule has 0 aliphatic carbocycles. The van der Waals surface area contributed by atoms with Crippen molar-refractivity contribution < 1.29 is 9.53 Å². The van der Waals surface area contributed by atoms with Gasteiger partial charge in [-0.2, -0.15) is 0 Å². The Balaban J connectivity index is 2.91. The Morgan fingerprint density at radius 1 is 1.27 bits per heavy atom. The van der Waals surface area contributed by atoms with Crippen LogP contribution in [-0.4, -0.2) is 12.9 Å². The molecule has 0 saturated carbocycles. The molecule has 0 spiro atoms. The van der Waals surface area contributed by atoms with Crippen LogP contribution in [0.25, 0.3) is 0 Å². The van der Waals surface area contributed by atoms with Crippen molar-refractivity contribution in [1.82, 2.24) is 0 Å². The lowest BCUT2D eigenvalue weighted by Gasteiger charge is -2.14. The van der Waals surface area contributed by atoms with Gasteiger partial charge >= 0.3 is 0 Å². The van der Waals surface area contributed by atoms with Gasteiger partial charge in [-0.15, -0.1) is 0 Å². The van der Waals surface area contributed by atoms with Gasteiger partial charge in [0.15, 0.2) is 5.78 Å². The van der Waals surface area contributed by atoms with E-state index < -0.39 is 0 Å². The average molecular weight is 206 g/mol. The maximum Gasteiger partial charge on any atom is 0.166 e. The Morgan fingerprint density at radius 3 is 2.47 bits per heavy atom. The van der Waals surface area contributed by atoms with Crippen LogP contribution in [0.15, 0.2) is 24.3 Å². The molecule has 1 atom stereocenters. The molecule has 0 aliphatic heterocycles. The Labute approximate surface area is 91.3 Å². The fourth-order valence-corrected chi connectivity index (χ4v) is 1.34. The SMILES string of the molecule is COc1cccc(C(=O)C(C)C(C)C)c1. The minimum atomic E-state index is 0.0529. The molecule has 0 aliphatic rings. The number of ketones is 1. The molecule has 1 rings (SSSR count).